The zero-order valence-corrected chi connectivity index (χ0v) is 17.0. The average Bonchev–Trinajstić information content (AvgIpc) is 3.03. The van der Waals surface area contributed by atoms with Crippen molar-refractivity contribution >= 4 is 29.1 Å². The van der Waals surface area contributed by atoms with Gasteiger partial charge in [0.2, 0.25) is 5.91 Å². The summed E-state index contributed by atoms with van der Waals surface area (Å²) in [4.78, 5) is 14.4. The number of amides is 1. The summed E-state index contributed by atoms with van der Waals surface area (Å²) in [5.74, 6) is 1.36. The van der Waals surface area contributed by atoms with Crippen molar-refractivity contribution < 1.29 is 14.3 Å². The fourth-order valence-electron chi connectivity index (χ4n) is 2.83. The molecule has 0 unspecified atom stereocenters. The molecule has 2 aromatic rings. The van der Waals surface area contributed by atoms with Crippen molar-refractivity contribution in [1.82, 2.24) is 4.90 Å². The molecule has 6 nitrogen and oxygen atoms in total. The first-order valence-corrected chi connectivity index (χ1v) is 9.89. The van der Waals surface area contributed by atoms with Crippen molar-refractivity contribution in [3.05, 3.63) is 59.7 Å². The van der Waals surface area contributed by atoms with Gasteiger partial charge in [-0.3, -0.25) is 9.69 Å². The van der Waals surface area contributed by atoms with Crippen molar-refractivity contribution in [2.45, 2.75) is 25.1 Å². The van der Waals surface area contributed by atoms with Gasteiger partial charge in [0.1, 0.15) is 0 Å². The van der Waals surface area contributed by atoms with Gasteiger partial charge in [0.25, 0.3) is 0 Å². The Labute approximate surface area is 169 Å². The molecule has 1 fully saturated rings. The van der Waals surface area contributed by atoms with Gasteiger partial charge in [-0.05, 0) is 35.7 Å². The topological polar surface area (TPSA) is 63.5 Å². The van der Waals surface area contributed by atoms with Crippen LogP contribution in [-0.4, -0.2) is 41.7 Å². The molecule has 28 heavy (non-hydrogen) atoms. The molecule has 0 aliphatic carbocycles. The molecule has 0 N–H and O–H groups in total. The molecule has 2 aromatic carbocycles. The van der Waals surface area contributed by atoms with Gasteiger partial charge in [-0.25, -0.2) is 0 Å². The maximum absolute atomic E-state index is 12.7. The Morgan fingerprint density at radius 2 is 1.86 bits per heavy atom. The van der Waals surface area contributed by atoms with Crippen molar-refractivity contribution in [3.8, 4) is 11.5 Å². The van der Waals surface area contributed by atoms with Gasteiger partial charge in [0, 0.05) is 0 Å². The first-order valence-electron chi connectivity index (χ1n) is 9.01. The van der Waals surface area contributed by atoms with Crippen LogP contribution in [0.3, 0.4) is 0 Å². The normalized spacial score (nSPS) is 18.2. The van der Waals surface area contributed by atoms with Crippen LogP contribution in [0.4, 0.5) is 0 Å². The second-order valence-corrected chi connectivity index (χ2v) is 7.34. The third-order valence-electron chi connectivity index (χ3n) is 4.33. The van der Waals surface area contributed by atoms with Crippen LogP contribution in [0.2, 0.25) is 0 Å². The predicted molar refractivity (Wildman–Crippen MR) is 113 cm³/mol. The number of rotatable bonds is 7. The summed E-state index contributed by atoms with van der Waals surface area (Å²) in [7, 11) is 3.18. The van der Waals surface area contributed by atoms with E-state index in [1.54, 1.807) is 25.3 Å². The number of ether oxygens (including phenoxy) is 2. The van der Waals surface area contributed by atoms with E-state index in [0.29, 0.717) is 23.2 Å². The lowest BCUT2D eigenvalue weighted by Gasteiger charge is -2.15. The first-order chi connectivity index (χ1) is 13.7. The number of hydrogen-bond acceptors (Lipinski definition) is 6. The quantitative estimate of drug-likeness (QED) is 0.524. The third-order valence-corrected chi connectivity index (χ3v) is 5.66. The van der Waals surface area contributed by atoms with Crippen molar-refractivity contribution in [2.24, 2.45) is 10.2 Å². The molecule has 0 saturated carbocycles. The minimum atomic E-state index is -0.112. The summed E-state index contributed by atoms with van der Waals surface area (Å²) in [5.41, 5.74) is 1.89. The lowest BCUT2D eigenvalue weighted by molar-refractivity contribution is -0.126. The largest absolute Gasteiger partial charge is 0.493 e. The SMILES string of the molecule is CC[C@H]1S/C(=N/N=C\c2ccc(OC)c(OC)c2)N(Cc2ccccc2)C1=O. The van der Waals surface area contributed by atoms with Crippen LogP contribution in [0.25, 0.3) is 0 Å². The smallest absolute Gasteiger partial charge is 0.242 e. The van der Waals surface area contributed by atoms with E-state index in [4.69, 9.17) is 9.47 Å². The molecule has 1 saturated heterocycles. The Morgan fingerprint density at radius 3 is 2.54 bits per heavy atom. The fraction of sp³-hybridized carbons (Fsp3) is 0.286. The van der Waals surface area contributed by atoms with Crippen molar-refractivity contribution in [1.29, 1.82) is 0 Å². The number of carbonyl (C=O) groups excluding carboxylic acids is 1. The fourth-order valence-corrected chi connectivity index (χ4v) is 3.86. The number of carbonyl (C=O) groups is 1. The first kappa shape index (κ1) is 19.9. The van der Waals surface area contributed by atoms with Gasteiger partial charge in [-0.15, -0.1) is 5.10 Å². The minimum absolute atomic E-state index is 0.0800. The second kappa shape index (κ2) is 9.41. The van der Waals surface area contributed by atoms with Crippen LogP contribution < -0.4 is 9.47 Å². The lowest BCUT2D eigenvalue weighted by Crippen LogP contribution is -2.31. The number of methoxy groups -OCH3 is 2. The Hall–Kier alpha value is -2.80. The molecule has 1 aliphatic rings. The van der Waals surface area contributed by atoms with E-state index in [2.05, 4.69) is 10.2 Å². The van der Waals surface area contributed by atoms with E-state index in [0.717, 1.165) is 17.5 Å². The van der Waals surface area contributed by atoms with Gasteiger partial charge >= 0.3 is 0 Å². The van der Waals surface area contributed by atoms with Crippen LogP contribution in [0, 0.1) is 0 Å². The zero-order chi connectivity index (χ0) is 19.9. The van der Waals surface area contributed by atoms with Crippen LogP contribution >= 0.6 is 11.8 Å². The van der Waals surface area contributed by atoms with Gasteiger partial charge in [0.05, 0.1) is 32.2 Å². The highest BCUT2D eigenvalue weighted by molar-refractivity contribution is 8.15. The van der Waals surface area contributed by atoms with Gasteiger partial charge in [-0.1, -0.05) is 49.0 Å². The Balaban J connectivity index is 1.80. The number of amidine groups is 1. The average molecular weight is 398 g/mol. The number of hydrogen-bond donors (Lipinski definition) is 0. The summed E-state index contributed by atoms with van der Waals surface area (Å²) >= 11 is 1.46. The highest BCUT2D eigenvalue weighted by Crippen LogP contribution is 2.31. The van der Waals surface area contributed by atoms with Crippen LogP contribution in [0.5, 0.6) is 11.5 Å². The number of benzene rings is 2. The van der Waals surface area contributed by atoms with Crippen LogP contribution in [-0.2, 0) is 11.3 Å². The van der Waals surface area contributed by atoms with Crippen LogP contribution in [0.1, 0.15) is 24.5 Å². The Bertz CT molecular complexity index is 884. The van der Waals surface area contributed by atoms with Gasteiger partial charge in [-0.2, -0.15) is 5.10 Å². The van der Waals surface area contributed by atoms with Gasteiger partial charge < -0.3 is 9.47 Å². The second-order valence-electron chi connectivity index (χ2n) is 6.17. The molecule has 1 amide bonds. The highest BCUT2D eigenvalue weighted by atomic mass is 32.2. The zero-order valence-electron chi connectivity index (χ0n) is 16.2. The lowest BCUT2D eigenvalue weighted by atomic mass is 10.2. The maximum Gasteiger partial charge on any atom is 0.242 e. The molecule has 0 spiro atoms. The van der Waals surface area contributed by atoms with E-state index >= 15 is 0 Å². The van der Waals surface area contributed by atoms with Crippen molar-refractivity contribution in [2.75, 3.05) is 14.2 Å². The molecule has 0 aromatic heterocycles. The predicted octanol–water partition coefficient (Wildman–Crippen LogP) is 3.95. The van der Waals surface area contributed by atoms with Crippen LogP contribution in [0.15, 0.2) is 58.7 Å². The Kier molecular flexibility index (Phi) is 6.71. The molecular weight excluding hydrogens is 374 g/mol. The summed E-state index contributed by atoms with van der Waals surface area (Å²) in [6.07, 6.45) is 2.40. The molecule has 3 rings (SSSR count). The monoisotopic (exact) mass is 397 g/mol. The molecule has 1 aliphatic heterocycles. The van der Waals surface area contributed by atoms with E-state index in [1.165, 1.54) is 11.8 Å². The maximum atomic E-state index is 12.7. The third kappa shape index (κ3) is 4.54. The highest BCUT2D eigenvalue weighted by Gasteiger charge is 2.36. The molecule has 146 valence electrons. The molecule has 7 heteroatoms. The summed E-state index contributed by atoms with van der Waals surface area (Å²) in [6.45, 7) is 2.50. The number of thioether (sulfide) groups is 1. The molecular formula is C21H23N3O3S. The molecule has 1 atom stereocenters. The van der Waals surface area contributed by atoms with E-state index < -0.39 is 0 Å². The molecule has 0 radical (unpaired) electrons. The summed E-state index contributed by atoms with van der Waals surface area (Å²) < 4.78 is 10.5. The summed E-state index contributed by atoms with van der Waals surface area (Å²) in [5, 5.41) is 9.04. The minimum Gasteiger partial charge on any atom is -0.493 e. The van der Waals surface area contributed by atoms with Gasteiger partial charge in [0.15, 0.2) is 16.7 Å². The van der Waals surface area contributed by atoms with Crippen molar-refractivity contribution in [3.63, 3.8) is 0 Å². The van der Waals surface area contributed by atoms with E-state index in [1.807, 2.05) is 55.5 Å². The Morgan fingerprint density at radius 1 is 1.11 bits per heavy atom. The molecule has 0 bridgehead atoms. The van der Waals surface area contributed by atoms with E-state index in [9.17, 15) is 4.79 Å². The summed E-state index contributed by atoms with van der Waals surface area (Å²) in [6, 6.07) is 15.4. The number of nitrogens with zero attached hydrogens (tertiary/aromatic N) is 3. The molecule has 1 heterocycles. The standard InChI is InChI=1S/C21H23N3O3S/c1-4-19-20(25)24(14-15-8-6-5-7-9-15)21(28-19)23-22-13-16-10-11-17(26-2)18(12-16)27-3/h5-13,19H,4,14H2,1-3H3/b22-13-,23-21+/t19-/m1/s1. The van der Waals surface area contributed by atoms with E-state index in [-0.39, 0.29) is 11.2 Å².